The van der Waals surface area contributed by atoms with Gasteiger partial charge in [0, 0.05) is 6.08 Å². The van der Waals surface area contributed by atoms with Gasteiger partial charge in [-0.05, 0) is 36.7 Å². The molecule has 0 fully saturated rings. The summed E-state index contributed by atoms with van der Waals surface area (Å²) in [5.74, 6) is 2.13. The molecule has 0 heterocycles. The summed E-state index contributed by atoms with van der Waals surface area (Å²) in [6.45, 7) is 11.0. The van der Waals surface area contributed by atoms with Crippen LogP contribution in [0.2, 0.25) is 18.1 Å². The first kappa shape index (κ1) is 20.4. The Morgan fingerprint density at radius 1 is 1.32 bits per heavy atom. The van der Waals surface area contributed by atoms with Crippen molar-refractivity contribution in [2.24, 2.45) is 0 Å². The standard InChI is InChI=1S/C18H28O3Si/c1-8-9-13-16(21-22(6,7)18(2,3)4)14-11-10-12-15-17(19)20-5/h1,9-13,15-16H,14H2,2-7H3/b11-10+,13-9+,15-12-/t16-/m1/s1. The van der Waals surface area contributed by atoms with E-state index >= 15 is 0 Å². The van der Waals surface area contributed by atoms with E-state index < -0.39 is 8.32 Å². The van der Waals surface area contributed by atoms with E-state index in [2.05, 4.69) is 44.5 Å². The maximum atomic E-state index is 11.0. The molecule has 0 spiro atoms. The lowest BCUT2D eigenvalue weighted by Gasteiger charge is -2.38. The van der Waals surface area contributed by atoms with Crippen LogP contribution >= 0.6 is 0 Å². The van der Waals surface area contributed by atoms with Gasteiger partial charge >= 0.3 is 5.97 Å². The monoisotopic (exact) mass is 320 g/mol. The Morgan fingerprint density at radius 2 is 1.95 bits per heavy atom. The summed E-state index contributed by atoms with van der Waals surface area (Å²) in [7, 11) is -0.505. The topological polar surface area (TPSA) is 35.5 Å². The van der Waals surface area contributed by atoms with E-state index in [1.165, 1.54) is 13.2 Å². The number of carbonyl (C=O) groups excluding carboxylic acids is 1. The summed E-state index contributed by atoms with van der Waals surface area (Å²) in [6.07, 6.45) is 16.3. The highest BCUT2D eigenvalue weighted by Gasteiger charge is 2.38. The number of terminal acetylenes is 1. The van der Waals surface area contributed by atoms with E-state index in [1.54, 1.807) is 12.2 Å². The smallest absolute Gasteiger partial charge is 0.330 e. The van der Waals surface area contributed by atoms with Gasteiger partial charge in [-0.15, -0.1) is 6.42 Å². The van der Waals surface area contributed by atoms with Crippen LogP contribution < -0.4 is 0 Å². The molecule has 0 aliphatic carbocycles. The Morgan fingerprint density at radius 3 is 2.45 bits per heavy atom. The van der Waals surface area contributed by atoms with Gasteiger partial charge in [0.25, 0.3) is 0 Å². The van der Waals surface area contributed by atoms with Crippen molar-refractivity contribution >= 4 is 14.3 Å². The van der Waals surface area contributed by atoms with Gasteiger partial charge in [-0.1, -0.05) is 44.9 Å². The van der Waals surface area contributed by atoms with Gasteiger partial charge < -0.3 is 9.16 Å². The summed E-state index contributed by atoms with van der Waals surface area (Å²) in [5, 5.41) is 0.143. The molecule has 0 aromatic heterocycles. The second-order valence-corrected chi connectivity index (χ2v) is 11.2. The Kier molecular flexibility index (Phi) is 8.77. The van der Waals surface area contributed by atoms with Crippen LogP contribution in [0.25, 0.3) is 0 Å². The highest BCUT2D eigenvalue weighted by Crippen LogP contribution is 2.37. The van der Waals surface area contributed by atoms with E-state index in [0.29, 0.717) is 6.42 Å². The largest absolute Gasteiger partial charge is 0.466 e. The van der Waals surface area contributed by atoms with Crippen LogP contribution in [0.1, 0.15) is 27.2 Å². The molecule has 0 amide bonds. The van der Waals surface area contributed by atoms with Crippen LogP contribution in [0.5, 0.6) is 0 Å². The number of hydrogen-bond donors (Lipinski definition) is 0. The minimum Gasteiger partial charge on any atom is -0.466 e. The first-order chi connectivity index (χ1) is 10.1. The lowest BCUT2D eigenvalue weighted by Crippen LogP contribution is -2.43. The molecule has 0 aromatic rings. The molecular formula is C18H28O3Si. The average Bonchev–Trinajstić information content (AvgIpc) is 2.42. The highest BCUT2D eigenvalue weighted by molar-refractivity contribution is 6.74. The van der Waals surface area contributed by atoms with Gasteiger partial charge in [0.15, 0.2) is 8.32 Å². The SMILES string of the molecule is C#C/C=C/[C@H](C/C=C/C=C\C(=O)OC)O[Si](C)(C)C(C)(C)C. The van der Waals surface area contributed by atoms with Crippen LogP contribution in [0, 0.1) is 12.3 Å². The second kappa shape index (κ2) is 9.45. The predicted octanol–water partition coefficient (Wildman–Crippen LogP) is 4.24. The Balaban J connectivity index is 4.78. The summed E-state index contributed by atoms with van der Waals surface area (Å²) in [5.41, 5.74) is 0. The zero-order valence-electron chi connectivity index (χ0n) is 14.6. The molecular weight excluding hydrogens is 292 g/mol. The molecule has 0 saturated carbocycles. The van der Waals surface area contributed by atoms with Crippen molar-refractivity contribution < 1.29 is 14.0 Å². The van der Waals surface area contributed by atoms with E-state index in [9.17, 15) is 4.79 Å². The third-order valence-electron chi connectivity index (χ3n) is 3.71. The zero-order valence-corrected chi connectivity index (χ0v) is 15.6. The molecule has 1 atom stereocenters. The number of esters is 1. The van der Waals surface area contributed by atoms with Crippen LogP contribution in [-0.4, -0.2) is 27.5 Å². The zero-order chi connectivity index (χ0) is 17.2. The summed E-state index contributed by atoms with van der Waals surface area (Å²) >= 11 is 0. The third kappa shape index (κ3) is 8.01. The van der Waals surface area contributed by atoms with Crippen molar-refractivity contribution in [3.8, 4) is 12.3 Å². The number of rotatable bonds is 7. The minimum absolute atomic E-state index is 0.0558. The third-order valence-corrected chi connectivity index (χ3v) is 8.21. The summed E-state index contributed by atoms with van der Waals surface area (Å²) in [6, 6.07) is 0. The van der Waals surface area contributed by atoms with Crippen LogP contribution in [0.4, 0.5) is 0 Å². The Hall–Kier alpha value is -1.57. The van der Waals surface area contributed by atoms with Crippen molar-refractivity contribution in [1.29, 1.82) is 0 Å². The molecule has 0 saturated heterocycles. The van der Waals surface area contributed by atoms with Crippen molar-refractivity contribution in [1.82, 2.24) is 0 Å². The molecule has 0 aromatic carbocycles. The fourth-order valence-electron chi connectivity index (χ4n) is 1.38. The lowest BCUT2D eigenvalue weighted by molar-refractivity contribution is -0.134. The van der Waals surface area contributed by atoms with Crippen molar-refractivity contribution in [3.63, 3.8) is 0 Å². The first-order valence-electron chi connectivity index (χ1n) is 7.36. The van der Waals surface area contributed by atoms with Gasteiger partial charge in [0.1, 0.15) is 0 Å². The molecule has 0 unspecified atom stereocenters. The van der Waals surface area contributed by atoms with E-state index in [-0.39, 0.29) is 17.1 Å². The molecule has 0 rings (SSSR count). The molecule has 3 nitrogen and oxygen atoms in total. The highest BCUT2D eigenvalue weighted by atomic mass is 28.4. The Bertz CT molecular complexity index is 474. The number of hydrogen-bond acceptors (Lipinski definition) is 3. The Labute approximate surface area is 136 Å². The maximum Gasteiger partial charge on any atom is 0.330 e. The van der Waals surface area contributed by atoms with Crippen molar-refractivity contribution in [2.75, 3.05) is 7.11 Å². The fourth-order valence-corrected chi connectivity index (χ4v) is 2.66. The lowest BCUT2D eigenvalue weighted by atomic mass is 10.2. The molecule has 22 heavy (non-hydrogen) atoms. The second-order valence-electron chi connectivity index (χ2n) is 6.49. The number of methoxy groups -OCH3 is 1. The minimum atomic E-state index is -1.86. The molecule has 0 bridgehead atoms. The van der Waals surface area contributed by atoms with Gasteiger partial charge in [-0.3, -0.25) is 0 Å². The van der Waals surface area contributed by atoms with Gasteiger partial charge in [0.05, 0.1) is 13.2 Å². The van der Waals surface area contributed by atoms with Crippen molar-refractivity contribution in [3.05, 3.63) is 36.5 Å². The predicted molar refractivity (Wildman–Crippen MR) is 95.0 cm³/mol. The first-order valence-corrected chi connectivity index (χ1v) is 10.3. The quantitative estimate of drug-likeness (QED) is 0.231. The van der Waals surface area contributed by atoms with Crippen LogP contribution in [-0.2, 0) is 14.0 Å². The molecule has 0 aliphatic rings. The van der Waals surface area contributed by atoms with E-state index in [4.69, 9.17) is 10.8 Å². The normalized spacial score (nSPS) is 14.6. The van der Waals surface area contributed by atoms with Gasteiger partial charge in [0.2, 0.25) is 0 Å². The summed E-state index contributed by atoms with van der Waals surface area (Å²) in [4.78, 5) is 11.0. The molecule has 0 N–H and O–H groups in total. The summed E-state index contributed by atoms with van der Waals surface area (Å²) < 4.78 is 10.9. The van der Waals surface area contributed by atoms with E-state index in [1.807, 2.05) is 18.2 Å². The molecule has 0 aliphatic heterocycles. The molecule has 0 radical (unpaired) electrons. The number of carbonyl (C=O) groups is 1. The maximum absolute atomic E-state index is 11.0. The van der Waals surface area contributed by atoms with E-state index in [0.717, 1.165) is 0 Å². The average molecular weight is 321 g/mol. The van der Waals surface area contributed by atoms with Gasteiger partial charge in [-0.25, -0.2) is 4.79 Å². The number of ether oxygens (including phenoxy) is 1. The molecule has 122 valence electrons. The van der Waals surface area contributed by atoms with Crippen LogP contribution in [0.15, 0.2) is 36.5 Å². The fraction of sp³-hybridized carbons (Fsp3) is 0.500. The van der Waals surface area contributed by atoms with Crippen LogP contribution in [0.3, 0.4) is 0 Å². The number of allylic oxidation sites excluding steroid dienone is 3. The van der Waals surface area contributed by atoms with Gasteiger partial charge in [-0.2, -0.15) is 0 Å². The molecule has 4 heteroatoms. The van der Waals surface area contributed by atoms with Crippen molar-refractivity contribution in [2.45, 2.75) is 51.4 Å².